The molecule has 0 fully saturated rings. The summed E-state index contributed by atoms with van der Waals surface area (Å²) < 4.78 is 27.9. The molecule has 2 amide bonds. The van der Waals surface area contributed by atoms with Crippen molar-refractivity contribution in [3.8, 4) is 0 Å². The molecule has 0 aliphatic carbocycles. The van der Waals surface area contributed by atoms with E-state index in [2.05, 4.69) is 22.5 Å². The van der Waals surface area contributed by atoms with Gasteiger partial charge >= 0.3 is 0 Å². The number of imidazole rings is 1. The molecule has 0 bridgehead atoms. The monoisotopic (exact) mass is 386 g/mol. The molecule has 0 aliphatic rings. The molecule has 146 valence electrons. The maximum atomic E-state index is 13.4. The number of hydrogen-bond donors (Lipinski definition) is 2. The van der Waals surface area contributed by atoms with E-state index in [1.807, 2.05) is 0 Å². The van der Waals surface area contributed by atoms with Gasteiger partial charge in [-0.2, -0.15) is 0 Å². The zero-order chi connectivity index (χ0) is 20.1. The maximum Gasteiger partial charge on any atom is 0.292 e. The van der Waals surface area contributed by atoms with Gasteiger partial charge in [-0.1, -0.05) is 25.8 Å². The number of pyridine rings is 1. The van der Waals surface area contributed by atoms with Crippen molar-refractivity contribution in [1.29, 1.82) is 0 Å². The van der Waals surface area contributed by atoms with Crippen molar-refractivity contribution in [2.24, 2.45) is 0 Å². The van der Waals surface area contributed by atoms with Gasteiger partial charge in [-0.05, 0) is 30.7 Å². The third kappa shape index (κ3) is 4.16. The van der Waals surface area contributed by atoms with Gasteiger partial charge in [0.1, 0.15) is 0 Å². The van der Waals surface area contributed by atoms with Crippen LogP contribution in [-0.2, 0) is 0 Å². The highest BCUT2D eigenvalue weighted by atomic mass is 19.2. The lowest BCUT2D eigenvalue weighted by molar-refractivity contribution is 0.0950. The minimum atomic E-state index is -1.07. The maximum absolute atomic E-state index is 13.4. The van der Waals surface area contributed by atoms with E-state index in [9.17, 15) is 18.4 Å². The van der Waals surface area contributed by atoms with E-state index in [0.717, 1.165) is 31.4 Å². The summed E-state index contributed by atoms with van der Waals surface area (Å²) in [5, 5.41) is 5.27. The van der Waals surface area contributed by atoms with E-state index in [1.165, 1.54) is 10.5 Å². The number of nitrogens with one attached hydrogen (secondary N) is 2. The Morgan fingerprint density at radius 1 is 1.07 bits per heavy atom. The molecule has 0 unspecified atom stereocenters. The van der Waals surface area contributed by atoms with Crippen LogP contribution in [0.25, 0.3) is 5.52 Å². The third-order valence-electron chi connectivity index (χ3n) is 4.21. The lowest BCUT2D eigenvalue weighted by atomic mass is 10.2. The molecule has 0 saturated carbocycles. The van der Waals surface area contributed by atoms with Crippen molar-refractivity contribution in [3.05, 3.63) is 65.7 Å². The first-order valence-corrected chi connectivity index (χ1v) is 9.03. The number of rotatable bonds is 7. The average molecular weight is 386 g/mol. The zero-order valence-corrected chi connectivity index (χ0v) is 15.3. The van der Waals surface area contributed by atoms with Gasteiger partial charge in [0.15, 0.2) is 17.3 Å². The normalized spacial score (nSPS) is 10.8. The van der Waals surface area contributed by atoms with Gasteiger partial charge < -0.3 is 10.6 Å². The zero-order valence-electron chi connectivity index (χ0n) is 15.3. The number of amides is 2. The SMILES string of the molecule is CCCCCNC(=O)c1nc(C(=O)Nc2ccc(F)c(F)c2)n2ccccc12. The molecule has 0 saturated heterocycles. The Hall–Kier alpha value is -3.29. The molecular formula is C20H20F2N4O2. The second-order valence-corrected chi connectivity index (χ2v) is 6.29. The van der Waals surface area contributed by atoms with Crippen LogP contribution in [0.3, 0.4) is 0 Å². The van der Waals surface area contributed by atoms with E-state index >= 15 is 0 Å². The van der Waals surface area contributed by atoms with Crippen LogP contribution in [0.2, 0.25) is 0 Å². The highest BCUT2D eigenvalue weighted by molar-refractivity contribution is 6.06. The molecule has 2 heterocycles. The highest BCUT2D eigenvalue weighted by Gasteiger charge is 2.21. The lowest BCUT2D eigenvalue weighted by Gasteiger charge is -2.05. The summed E-state index contributed by atoms with van der Waals surface area (Å²) >= 11 is 0. The molecule has 1 aromatic carbocycles. The van der Waals surface area contributed by atoms with Crippen LogP contribution in [0.5, 0.6) is 0 Å². The summed E-state index contributed by atoms with van der Waals surface area (Å²) in [6.45, 7) is 2.59. The summed E-state index contributed by atoms with van der Waals surface area (Å²) in [5.41, 5.74) is 0.695. The average Bonchev–Trinajstić information content (AvgIpc) is 3.08. The highest BCUT2D eigenvalue weighted by Crippen LogP contribution is 2.17. The number of carbonyl (C=O) groups is 2. The fourth-order valence-corrected chi connectivity index (χ4v) is 2.79. The molecule has 0 aliphatic heterocycles. The van der Waals surface area contributed by atoms with Gasteiger partial charge in [-0.3, -0.25) is 14.0 Å². The fraction of sp³-hybridized carbons (Fsp3) is 0.250. The number of carbonyl (C=O) groups excluding carboxylic acids is 2. The molecule has 0 radical (unpaired) electrons. The molecule has 6 nitrogen and oxygen atoms in total. The number of hydrogen-bond acceptors (Lipinski definition) is 3. The summed E-state index contributed by atoms with van der Waals surface area (Å²) in [6, 6.07) is 8.16. The second kappa shape index (κ2) is 8.60. The minimum absolute atomic E-state index is 0.0287. The Labute approximate surface area is 160 Å². The van der Waals surface area contributed by atoms with E-state index < -0.39 is 17.5 Å². The Bertz CT molecular complexity index is 1020. The summed E-state index contributed by atoms with van der Waals surface area (Å²) in [4.78, 5) is 29.3. The molecule has 3 rings (SSSR count). The van der Waals surface area contributed by atoms with Crippen molar-refractivity contribution in [2.45, 2.75) is 26.2 Å². The van der Waals surface area contributed by atoms with Crippen molar-refractivity contribution in [2.75, 3.05) is 11.9 Å². The molecule has 28 heavy (non-hydrogen) atoms. The summed E-state index contributed by atoms with van der Waals surface area (Å²) in [6.07, 6.45) is 4.51. The van der Waals surface area contributed by atoms with Gasteiger partial charge in [0, 0.05) is 24.5 Å². The van der Waals surface area contributed by atoms with E-state index in [1.54, 1.807) is 24.4 Å². The van der Waals surface area contributed by atoms with E-state index in [-0.39, 0.29) is 23.1 Å². The van der Waals surface area contributed by atoms with E-state index in [0.29, 0.717) is 12.1 Å². The van der Waals surface area contributed by atoms with Crippen LogP contribution in [0, 0.1) is 11.6 Å². The first-order valence-electron chi connectivity index (χ1n) is 9.03. The third-order valence-corrected chi connectivity index (χ3v) is 4.21. The van der Waals surface area contributed by atoms with Gasteiger partial charge in [-0.15, -0.1) is 0 Å². The van der Waals surface area contributed by atoms with E-state index in [4.69, 9.17) is 0 Å². The summed E-state index contributed by atoms with van der Waals surface area (Å²) in [7, 11) is 0. The smallest absolute Gasteiger partial charge is 0.292 e. The molecule has 2 N–H and O–H groups in total. The topological polar surface area (TPSA) is 75.5 Å². The predicted octanol–water partition coefficient (Wildman–Crippen LogP) is 3.78. The molecule has 3 aromatic rings. The Morgan fingerprint density at radius 2 is 1.89 bits per heavy atom. The van der Waals surface area contributed by atoms with Crippen LogP contribution in [-0.4, -0.2) is 27.7 Å². The van der Waals surface area contributed by atoms with Gasteiger partial charge in [0.25, 0.3) is 11.8 Å². The first kappa shape index (κ1) is 19.5. The lowest BCUT2D eigenvalue weighted by Crippen LogP contribution is -2.25. The predicted molar refractivity (Wildman–Crippen MR) is 101 cm³/mol. The number of fused-ring (bicyclic) bond motifs is 1. The Balaban J connectivity index is 1.85. The molecule has 8 heteroatoms. The Kier molecular flexibility index (Phi) is 5.98. The first-order chi connectivity index (χ1) is 13.5. The van der Waals surface area contributed by atoms with Gasteiger partial charge in [-0.25, -0.2) is 13.8 Å². The van der Waals surface area contributed by atoms with Crippen molar-refractivity contribution >= 4 is 23.0 Å². The number of halogens is 2. The fourth-order valence-electron chi connectivity index (χ4n) is 2.79. The largest absolute Gasteiger partial charge is 0.351 e. The van der Waals surface area contributed by atoms with Crippen LogP contribution >= 0.6 is 0 Å². The second-order valence-electron chi connectivity index (χ2n) is 6.29. The van der Waals surface area contributed by atoms with Crippen molar-refractivity contribution in [1.82, 2.24) is 14.7 Å². The molecule has 0 atom stereocenters. The number of benzene rings is 1. The number of unbranched alkanes of at least 4 members (excludes halogenated alkanes) is 2. The number of aromatic nitrogens is 2. The quantitative estimate of drug-likeness (QED) is 0.607. The van der Waals surface area contributed by atoms with Crippen LogP contribution in [0.1, 0.15) is 47.3 Å². The van der Waals surface area contributed by atoms with Gasteiger partial charge in [0.05, 0.1) is 5.52 Å². The van der Waals surface area contributed by atoms with Crippen LogP contribution in [0.15, 0.2) is 42.6 Å². The molecule has 0 spiro atoms. The van der Waals surface area contributed by atoms with Gasteiger partial charge in [0.2, 0.25) is 5.82 Å². The van der Waals surface area contributed by atoms with Crippen LogP contribution < -0.4 is 10.6 Å². The van der Waals surface area contributed by atoms with Crippen LogP contribution in [0.4, 0.5) is 14.5 Å². The summed E-state index contributed by atoms with van der Waals surface area (Å²) in [5.74, 6) is -3.12. The number of anilines is 1. The minimum Gasteiger partial charge on any atom is -0.351 e. The molecule has 2 aromatic heterocycles. The molecular weight excluding hydrogens is 366 g/mol. The van der Waals surface area contributed by atoms with Crippen molar-refractivity contribution < 1.29 is 18.4 Å². The Morgan fingerprint density at radius 3 is 2.64 bits per heavy atom. The van der Waals surface area contributed by atoms with Crippen molar-refractivity contribution in [3.63, 3.8) is 0 Å². The number of nitrogens with zero attached hydrogens (tertiary/aromatic N) is 2. The standard InChI is InChI=1S/C20H20F2N4O2/c1-2-3-5-10-23-19(27)17-16-7-4-6-11-26(16)18(25-17)20(28)24-13-8-9-14(21)15(22)12-13/h4,6-9,11-12H,2-3,5,10H2,1H3,(H,23,27)(H,24,28).